The summed E-state index contributed by atoms with van der Waals surface area (Å²) in [5.74, 6) is -1.19. The molecule has 1 aliphatic heterocycles. The van der Waals surface area contributed by atoms with Crippen LogP contribution in [0.2, 0.25) is 0 Å². The van der Waals surface area contributed by atoms with Gasteiger partial charge >= 0.3 is 0 Å². The molecule has 1 saturated heterocycles. The zero-order chi connectivity index (χ0) is 12.6. The number of benzene rings is 1. The van der Waals surface area contributed by atoms with Gasteiger partial charge in [0.05, 0.1) is 6.61 Å². The van der Waals surface area contributed by atoms with E-state index in [4.69, 9.17) is 5.11 Å². The van der Waals surface area contributed by atoms with Crippen LogP contribution in [0.1, 0.15) is 32.3 Å². The highest BCUT2D eigenvalue weighted by Gasteiger charge is 2.35. The minimum Gasteiger partial charge on any atom is -0.392 e. The molecule has 1 aromatic rings. The molecule has 1 N–H and O–H groups in total. The van der Waals surface area contributed by atoms with Gasteiger partial charge in [0.1, 0.15) is 17.3 Å². The lowest BCUT2D eigenvalue weighted by molar-refractivity contribution is 0.280. The summed E-state index contributed by atoms with van der Waals surface area (Å²) in [7, 11) is 0. The fourth-order valence-corrected chi connectivity index (χ4v) is 2.49. The zero-order valence-corrected chi connectivity index (χ0v) is 10.1. The van der Waals surface area contributed by atoms with E-state index >= 15 is 0 Å². The number of hydrogen-bond donors (Lipinski definition) is 1. The molecule has 17 heavy (non-hydrogen) atoms. The van der Waals surface area contributed by atoms with Crippen molar-refractivity contribution < 1.29 is 13.9 Å². The third kappa shape index (κ3) is 2.14. The normalized spacial score (nSPS) is 18.8. The lowest BCUT2D eigenvalue weighted by atomic mass is 10.0. The Hall–Kier alpha value is -1.16. The number of halogens is 2. The number of anilines is 1. The SMILES string of the molecule is CC1(C)CCCN1c1c(F)cc(CO)cc1F. The molecule has 1 heterocycles. The highest BCUT2D eigenvalue weighted by Crippen LogP contribution is 2.36. The van der Waals surface area contributed by atoms with Gasteiger partial charge < -0.3 is 10.0 Å². The van der Waals surface area contributed by atoms with Crippen LogP contribution in [0.5, 0.6) is 0 Å². The molecule has 0 bridgehead atoms. The van der Waals surface area contributed by atoms with Crippen LogP contribution in [-0.2, 0) is 6.61 Å². The molecule has 0 spiro atoms. The molecule has 0 aliphatic carbocycles. The van der Waals surface area contributed by atoms with E-state index in [1.54, 1.807) is 4.90 Å². The molecule has 1 aliphatic rings. The van der Waals surface area contributed by atoms with Crippen LogP contribution in [0, 0.1) is 11.6 Å². The Morgan fingerprint density at radius 3 is 2.29 bits per heavy atom. The molecule has 0 aromatic heterocycles. The summed E-state index contributed by atoms with van der Waals surface area (Å²) in [5.41, 5.74) is 0.0769. The molecule has 1 aromatic carbocycles. The largest absolute Gasteiger partial charge is 0.392 e. The molecule has 0 atom stereocenters. The molecule has 0 saturated carbocycles. The number of aliphatic hydroxyl groups excluding tert-OH is 1. The maximum Gasteiger partial charge on any atom is 0.149 e. The summed E-state index contributed by atoms with van der Waals surface area (Å²) in [5, 5.41) is 8.90. The highest BCUT2D eigenvalue weighted by atomic mass is 19.1. The maximum atomic E-state index is 13.9. The van der Waals surface area contributed by atoms with Gasteiger partial charge in [0, 0.05) is 12.1 Å². The molecule has 1 fully saturated rings. The second-order valence-corrected chi connectivity index (χ2v) is 5.13. The minimum absolute atomic E-state index is 0.0321. The van der Waals surface area contributed by atoms with E-state index in [2.05, 4.69) is 0 Å². The van der Waals surface area contributed by atoms with Gasteiger partial charge in [-0.3, -0.25) is 0 Å². The van der Waals surface area contributed by atoms with Crippen LogP contribution in [0.15, 0.2) is 12.1 Å². The fraction of sp³-hybridized carbons (Fsp3) is 0.538. The molecule has 0 unspecified atom stereocenters. The van der Waals surface area contributed by atoms with Crippen molar-refractivity contribution in [3.63, 3.8) is 0 Å². The van der Waals surface area contributed by atoms with Gasteiger partial charge in [-0.15, -0.1) is 0 Å². The van der Waals surface area contributed by atoms with Crippen LogP contribution < -0.4 is 4.90 Å². The van der Waals surface area contributed by atoms with Gasteiger partial charge in [-0.2, -0.15) is 0 Å². The monoisotopic (exact) mass is 241 g/mol. The molecule has 2 nitrogen and oxygen atoms in total. The zero-order valence-electron chi connectivity index (χ0n) is 10.1. The van der Waals surface area contributed by atoms with Gasteiger partial charge in [0.15, 0.2) is 0 Å². The maximum absolute atomic E-state index is 13.9. The topological polar surface area (TPSA) is 23.5 Å². The van der Waals surface area contributed by atoms with Crippen molar-refractivity contribution in [1.29, 1.82) is 0 Å². The summed E-state index contributed by atoms with van der Waals surface area (Å²) >= 11 is 0. The van der Waals surface area contributed by atoms with Crippen LogP contribution in [-0.4, -0.2) is 17.2 Å². The van der Waals surface area contributed by atoms with Gasteiger partial charge in [-0.1, -0.05) is 0 Å². The van der Waals surface area contributed by atoms with E-state index in [1.165, 1.54) is 12.1 Å². The van der Waals surface area contributed by atoms with E-state index in [-0.39, 0.29) is 23.4 Å². The Kier molecular flexibility index (Phi) is 3.08. The quantitative estimate of drug-likeness (QED) is 0.860. The number of rotatable bonds is 2. The van der Waals surface area contributed by atoms with Crippen molar-refractivity contribution >= 4 is 5.69 Å². The minimum atomic E-state index is -0.593. The predicted molar refractivity (Wildman–Crippen MR) is 62.9 cm³/mol. The third-order valence-corrected chi connectivity index (χ3v) is 3.43. The average Bonchev–Trinajstić information content (AvgIpc) is 2.57. The van der Waals surface area contributed by atoms with Gasteiger partial charge in [0.25, 0.3) is 0 Å². The molecule has 0 radical (unpaired) electrons. The number of aliphatic hydroxyl groups is 1. The van der Waals surface area contributed by atoms with Crippen molar-refractivity contribution in [3.8, 4) is 0 Å². The van der Waals surface area contributed by atoms with Crippen LogP contribution >= 0.6 is 0 Å². The van der Waals surface area contributed by atoms with E-state index < -0.39 is 11.6 Å². The van der Waals surface area contributed by atoms with Gasteiger partial charge in [-0.05, 0) is 44.4 Å². The van der Waals surface area contributed by atoms with Crippen LogP contribution in [0.25, 0.3) is 0 Å². The summed E-state index contributed by atoms with van der Waals surface area (Å²) in [6.07, 6.45) is 1.86. The summed E-state index contributed by atoms with van der Waals surface area (Å²) in [6.45, 7) is 4.29. The average molecular weight is 241 g/mol. The van der Waals surface area contributed by atoms with E-state index in [0.717, 1.165) is 12.8 Å². The Morgan fingerprint density at radius 2 is 1.88 bits per heavy atom. The van der Waals surface area contributed by atoms with Crippen molar-refractivity contribution in [2.24, 2.45) is 0 Å². The Bertz CT molecular complexity index is 408. The lowest BCUT2D eigenvalue weighted by Crippen LogP contribution is -2.39. The van der Waals surface area contributed by atoms with E-state index in [9.17, 15) is 8.78 Å². The smallest absolute Gasteiger partial charge is 0.149 e. The molecular weight excluding hydrogens is 224 g/mol. The molecular formula is C13H17F2NO. The summed E-state index contributed by atoms with van der Waals surface area (Å²) < 4.78 is 27.8. The van der Waals surface area contributed by atoms with E-state index in [1.807, 2.05) is 13.8 Å². The lowest BCUT2D eigenvalue weighted by Gasteiger charge is -2.34. The Labute approximate surface area is 99.9 Å². The first-order chi connectivity index (χ1) is 7.95. The number of nitrogens with zero attached hydrogens (tertiary/aromatic N) is 1. The highest BCUT2D eigenvalue weighted by molar-refractivity contribution is 5.53. The van der Waals surface area contributed by atoms with Crippen molar-refractivity contribution in [2.75, 3.05) is 11.4 Å². The first-order valence-corrected chi connectivity index (χ1v) is 5.82. The summed E-state index contributed by atoms with van der Waals surface area (Å²) in [6, 6.07) is 2.40. The fourth-order valence-electron chi connectivity index (χ4n) is 2.49. The van der Waals surface area contributed by atoms with Crippen molar-refractivity contribution in [3.05, 3.63) is 29.3 Å². The second-order valence-electron chi connectivity index (χ2n) is 5.13. The van der Waals surface area contributed by atoms with Crippen molar-refractivity contribution in [1.82, 2.24) is 0 Å². The molecule has 94 valence electrons. The van der Waals surface area contributed by atoms with Gasteiger partial charge in [0.2, 0.25) is 0 Å². The van der Waals surface area contributed by atoms with Crippen molar-refractivity contribution in [2.45, 2.75) is 38.8 Å². The van der Waals surface area contributed by atoms with Crippen LogP contribution in [0.3, 0.4) is 0 Å². The summed E-state index contributed by atoms with van der Waals surface area (Å²) in [4.78, 5) is 1.78. The Balaban J connectivity index is 2.45. The van der Waals surface area contributed by atoms with Crippen LogP contribution in [0.4, 0.5) is 14.5 Å². The van der Waals surface area contributed by atoms with Gasteiger partial charge in [-0.25, -0.2) is 8.78 Å². The van der Waals surface area contributed by atoms with E-state index in [0.29, 0.717) is 6.54 Å². The Morgan fingerprint density at radius 1 is 1.29 bits per heavy atom. The predicted octanol–water partition coefficient (Wildman–Crippen LogP) is 2.84. The first-order valence-electron chi connectivity index (χ1n) is 5.82. The molecule has 0 amide bonds. The molecule has 2 rings (SSSR count). The standard InChI is InChI=1S/C13H17F2NO/c1-13(2)4-3-5-16(13)12-10(14)6-9(8-17)7-11(12)15/h6-7,17H,3-5,8H2,1-2H3. The third-order valence-electron chi connectivity index (χ3n) is 3.43. The second kappa shape index (κ2) is 4.26. The first kappa shape index (κ1) is 12.3. The number of hydrogen-bond acceptors (Lipinski definition) is 2. The molecule has 4 heteroatoms.